The average molecular weight is 497 g/mol. The van der Waals surface area contributed by atoms with Crippen molar-refractivity contribution >= 4 is 33.3 Å². The molecule has 1 N–H and O–H groups in total. The van der Waals surface area contributed by atoms with Crippen LogP contribution < -0.4 is 4.72 Å². The van der Waals surface area contributed by atoms with Crippen molar-refractivity contribution in [1.29, 1.82) is 0 Å². The van der Waals surface area contributed by atoms with Crippen LogP contribution in [0, 0.1) is 6.92 Å². The fraction of sp³-hybridized carbons (Fsp3) is 0.280. The Morgan fingerprint density at radius 1 is 1.06 bits per heavy atom. The lowest BCUT2D eigenvalue weighted by atomic mass is 10.2. The van der Waals surface area contributed by atoms with E-state index in [0.29, 0.717) is 13.1 Å². The topological polar surface area (TPSA) is 82.6 Å². The highest BCUT2D eigenvalue weighted by atomic mass is 32.2. The van der Waals surface area contributed by atoms with E-state index in [-0.39, 0.29) is 12.5 Å². The Kier molecular flexibility index (Phi) is 7.89. The number of rotatable bonds is 8. The molecule has 1 saturated heterocycles. The average Bonchev–Trinajstić information content (AvgIpc) is 3.32. The van der Waals surface area contributed by atoms with Crippen LogP contribution in [-0.2, 0) is 21.4 Å². The number of aromatic nitrogens is 1. The Hall–Kier alpha value is -2.85. The van der Waals surface area contributed by atoms with Crippen molar-refractivity contribution in [3.8, 4) is 10.6 Å². The quantitative estimate of drug-likeness (QED) is 0.517. The fourth-order valence-electron chi connectivity index (χ4n) is 3.65. The second-order valence-corrected chi connectivity index (χ2v) is 10.8. The minimum absolute atomic E-state index is 0.216. The van der Waals surface area contributed by atoms with Crippen LogP contribution >= 0.6 is 11.3 Å². The molecule has 0 bridgehead atoms. The lowest BCUT2D eigenvalue weighted by Crippen LogP contribution is -2.50. The highest BCUT2D eigenvalue weighted by Crippen LogP contribution is 2.24. The van der Waals surface area contributed by atoms with Gasteiger partial charge in [-0.3, -0.25) is 9.69 Å². The number of carbonyl (C=O) groups excluding carboxylic acids is 1. The number of nitrogens with zero attached hydrogens (tertiary/aromatic N) is 3. The van der Waals surface area contributed by atoms with Crippen LogP contribution in [0.1, 0.15) is 16.8 Å². The van der Waals surface area contributed by atoms with Crippen LogP contribution in [0.4, 0.5) is 0 Å². The van der Waals surface area contributed by atoms with Crippen molar-refractivity contribution in [2.45, 2.75) is 13.5 Å². The Labute approximate surface area is 204 Å². The molecule has 0 aliphatic carbocycles. The Balaban J connectivity index is 1.22. The van der Waals surface area contributed by atoms with Gasteiger partial charge in [-0.1, -0.05) is 60.2 Å². The van der Waals surface area contributed by atoms with E-state index >= 15 is 0 Å². The summed E-state index contributed by atoms with van der Waals surface area (Å²) in [5, 5.41) is 4.19. The van der Waals surface area contributed by atoms with E-state index in [1.807, 2.05) is 49.4 Å². The smallest absolute Gasteiger partial charge is 0.237 e. The molecule has 7 nitrogen and oxygen atoms in total. The number of hydrogen-bond donors (Lipinski definition) is 1. The third-order valence-electron chi connectivity index (χ3n) is 5.62. The fourth-order valence-corrected chi connectivity index (χ4v) is 5.22. The van der Waals surface area contributed by atoms with E-state index in [0.717, 1.165) is 52.4 Å². The van der Waals surface area contributed by atoms with E-state index in [4.69, 9.17) is 4.98 Å². The van der Waals surface area contributed by atoms with Crippen molar-refractivity contribution in [3.05, 3.63) is 82.2 Å². The minimum Gasteiger partial charge on any atom is -0.339 e. The van der Waals surface area contributed by atoms with Crippen LogP contribution in [0.2, 0.25) is 0 Å². The van der Waals surface area contributed by atoms with Crippen LogP contribution in [0.25, 0.3) is 16.6 Å². The summed E-state index contributed by atoms with van der Waals surface area (Å²) in [6.45, 7) is 5.05. The summed E-state index contributed by atoms with van der Waals surface area (Å²) in [5.41, 5.74) is 4.03. The van der Waals surface area contributed by atoms with Crippen LogP contribution in [0.3, 0.4) is 0 Å². The van der Waals surface area contributed by atoms with Gasteiger partial charge in [-0.05, 0) is 18.6 Å². The summed E-state index contributed by atoms with van der Waals surface area (Å²) in [6, 6.07) is 17.6. The Morgan fingerprint density at radius 2 is 1.76 bits per heavy atom. The molecule has 1 aliphatic rings. The molecule has 1 amide bonds. The highest BCUT2D eigenvalue weighted by Gasteiger charge is 2.22. The van der Waals surface area contributed by atoms with Crippen LogP contribution in [0.15, 0.2) is 65.4 Å². The number of benzene rings is 2. The third kappa shape index (κ3) is 6.83. The molecule has 3 aromatic rings. The number of nitrogens with one attached hydrogen (secondary N) is 1. The first-order chi connectivity index (χ1) is 16.4. The maximum absolute atomic E-state index is 12.5. The first kappa shape index (κ1) is 24.3. The van der Waals surface area contributed by atoms with Gasteiger partial charge in [0.25, 0.3) is 0 Å². The zero-order valence-corrected chi connectivity index (χ0v) is 20.7. The zero-order chi connectivity index (χ0) is 24.0. The maximum Gasteiger partial charge on any atom is 0.237 e. The Bertz CT molecular complexity index is 1230. The number of carbonyl (C=O) groups is 1. The molecule has 34 heavy (non-hydrogen) atoms. The SMILES string of the molecule is Cc1ccc(/C=C/S(=O)(=O)NCC(=O)N2CCN(Cc3csc(-c4ccccc4)n3)CC2)cc1. The van der Waals surface area contributed by atoms with E-state index in [9.17, 15) is 13.2 Å². The predicted molar refractivity (Wildman–Crippen MR) is 137 cm³/mol. The molecule has 1 aromatic heterocycles. The number of hydrogen-bond acceptors (Lipinski definition) is 6. The second kappa shape index (κ2) is 11.1. The van der Waals surface area contributed by atoms with E-state index in [1.165, 1.54) is 6.08 Å². The number of aryl methyl sites for hydroxylation is 1. The molecule has 0 radical (unpaired) electrons. The molecule has 2 aromatic carbocycles. The van der Waals surface area contributed by atoms with Crippen molar-refractivity contribution in [1.82, 2.24) is 19.5 Å². The zero-order valence-electron chi connectivity index (χ0n) is 19.1. The van der Waals surface area contributed by atoms with Gasteiger partial charge >= 0.3 is 0 Å². The number of thiazole rings is 1. The van der Waals surface area contributed by atoms with Gasteiger partial charge in [0, 0.05) is 49.1 Å². The first-order valence-corrected chi connectivity index (χ1v) is 13.5. The first-order valence-electron chi connectivity index (χ1n) is 11.1. The van der Waals surface area contributed by atoms with Gasteiger partial charge in [0.05, 0.1) is 12.2 Å². The lowest BCUT2D eigenvalue weighted by molar-refractivity contribution is -0.131. The molecule has 0 atom stereocenters. The predicted octanol–water partition coefficient (Wildman–Crippen LogP) is 3.35. The van der Waals surface area contributed by atoms with Gasteiger partial charge in [0.1, 0.15) is 5.01 Å². The monoisotopic (exact) mass is 496 g/mol. The second-order valence-electron chi connectivity index (χ2n) is 8.25. The van der Waals surface area contributed by atoms with Gasteiger partial charge in [0.15, 0.2) is 0 Å². The van der Waals surface area contributed by atoms with Crippen LogP contribution in [0.5, 0.6) is 0 Å². The van der Waals surface area contributed by atoms with E-state index in [1.54, 1.807) is 16.2 Å². The molecule has 0 unspecified atom stereocenters. The van der Waals surface area contributed by atoms with Gasteiger partial charge in [-0.25, -0.2) is 18.1 Å². The van der Waals surface area contributed by atoms with E-state index in [2.05, 4.69) is 27.1 Å². The summed E-state index contributed by atoms with van der Waals surface area (Å²) in [7, 11) is -3.69. The molecule has 0 spiro atoms. The largest absolute Gasteiger partial charge is 0.339 e. The standard InChI is InChI=1S/C25H28N4O3S2/c1-20-7-9-21(10-8-20)11-16-34(31,32)26-17-24(30)29-14-12-28(13-15-29)18-23-19-33-25(27-23)22-5-3-2-4-6-22/h2-11,16,19,26H,12-15,17-18H2,1H3/b16-11+. The summed E-state index contributed by atoms with van der Waals surface area (Å²) in [5.74, 6) is -0.216. The normalized spacial score (nSPS) is 15.1. The van der Waals surface area contributed by atoms with Crippen LogP contribution in [-0.4, -0.2) is 61.8 Å². The Morgan fingerprint density at radius 3 is 2.47 bits per heavy atom. The van der Waals surface area contributed by atoms with Gasteiger partial charge in [-0.15, -0.1) is 11.3 Å². The molecular formula is C25H28N4O3S2. The molecule has 9 heteroatoms. The highest BCUT2D eigenvalue weighted by molar-refractivity contribution is 7.92. The molecule has 2 heterocycles. The van der Waals surface area contributed by atoms with E-state index < -0.39 is 10.0 Å². The summed E-state index contributed by atoms with van der Waals surface area (Å²) in [4.78, 5) is 21.2. The van der Waals surface area contributed by atoms with Crippen molar-refractivity contribution in [3.63, 3.8) is 0 Å². The maximum atomic E-state index is 12.5. The third-order valence-corrected chi connectivity index (χ3v) is 7.61. The molecular weight excluding hydrogens is 468 g/mol. The number of piperazine rings is 1. The number of amides is 1. The lowest BCUT2D eigenvalue weighted by Gasteiger charge is -2.34. The molecule has 178 valence electrons. The minimum atomic E-state index is -3.69. The van der Waals surface area contributed by atoms with Gasteiger partial charge in [0.2, 0.25) is 15.9 Å². The molecule has 0 saturated carbocycles. The van der Waals surface area contributed by atoms with Crippen molar-refractivity contribution in [2.24, 2.45) is 0 Å². The number of sulfonamides is 1. The van der Waals surface area contributed by atoms with Crippen molar-refractivity contribution in [2.75, 3.05) is 32.7 Å². The summed E-state index contributed by atoms with van der Waals surface area (Å²) < 4.78 is 26.8. The summed E-state index contributed by atoms with van der Waals surface area (Å²) in [6.07, 6.45) is 1.52. The molecule has 1 fully saturated rings. The van der Waals surface area contributed by atoms with Gasteiger partial charge in [-0.2, -0.15) is 0 Å². The molecule has 1 aliphatic heterocycles. The molecule has 4 rings (SSSR count). The van der Waals surface area contributed by atoms with Crippen molar-refractivity contribution < 1.29 is 13.2 Å². The van der Waals surface area contributed by atoms with Gasteiger partial charge < -0.3 is 4.90 Å². The summed E-state index contributed by atoms with van der Waals surface area (Å²) >= 11 is 1.64.